The van der Waals surface area contributed by atoms with Crippen LogP contribution in [0.5, 0.6) is 0 Å². The Bertz CT molecular complexity index is 572. The summed E-state index contributed by atoms with van der Waals surface area (Å²) in [5.41, 5.74) is 7.58. The number of rotatable bonds is 5. The number of hydrogen-bond acceptors (Lipinski definition) is 5. The molecule has 0 bridgehead atoms. The zero-order valence-corrected chi connectivity index (χ0v) is 10.9. The standard InChI is InChI=1S/C13H13N3O2S/c14-12-13(16-6-5-15-12)19-8-10-3-1-9(2-4-10)7-11(17)18/h1-6H,7-8H2,(H2,14,15)(H,17,18). The minimum Gasteiger partial charge on any atom is -0.481 e. The van der Waals surface area contributed by atoms with Crippen LogP contribution in [0.1, 0.15) is 11.1 Å². The molecule has 3 N–H and O–H groups in total. The molecule has 1 aromatic carbocycles. The number of nitrogen functional groups attached to an aromatic ring is 1. The molecule has 2 aromatic rings. The molecule has 0 spiro atoms. The highest BCUT2D eigenvalue weighted by molar-refractivity contribution is 7.98. The number of aromatic nitrogens is 2. The summed E-state index contributed by atoms with van der Waals surface area (Å²) in [6.45, 7) is 0. The maximum Gasteiger partial charge on any atom is 0.307 e. The van der Waals surface area contributed by atoms with E-state index in [9.17, 15) is 4.79 Å². The van der Waals surface area contributed by atoms with E-state index >= 15 is 0 Å². The van der Waals surface area contributed by atoms with Gasteiger partial charge in [0.15, 0.2) is 5.82 Å². The second-order valence-corrected chi connectivity index (χ2v) is 4.89. The largest absolute Gasteiger partial charge is 0.481 e. The molecule has 0 saturated heterocycles. The van der Waals surface area contributed by atoms with Gasteiger partial charge in [-0.05, 0) is 11.1 Å². The van der Waals surface area contributed by atoms with Gasteiger partial charge in [-0.3, -0.25) is 4.79 Å². The average Bonchev–Trinajstić information content (AvgIpc) is 2.39. The molecule has 0 radical (unpaired) electrons. The Morgan fingerprint density at radius 3 is 2.42 bits per heavy atom. The summed E-state index contributed by atoms with van der Waals surface area (Å²) >= 11 is 1.50. The summed E-state index contributed by atoms with van der Waals surface area (Å²) in [4.78, 5) is 18.7. The third-order valence-electron chi connectivity index (χ3n) is 2.45. The number of nitrogens with two attached hydrogens (primary N) is 1. The smallest absolute Gasteiger partial charge is 0.307 e. The van der Waals surface area contributed by atoms with Crippen molar-refractivity contribution in [2.75, 3.05) is 5.73 Å². The Morgan fingerprint density at radius 2 is 1.79 bits per heavy atom. The molecule has 1 heterocycles. The average molecular weight is 275 g/mol. The lowest BCUT2D eigenvalue weighted by atomic mass is 10.1. The van der Waals surface area contributed by atoms with Crippen molar-refractivity contribution in [1.82, 2.24) is 9.97 Å². The normalized spacial score (nSPS) is 10.3. The number of thioether (sulfide) groups is 1. The molecule has 0 unspecified atom stereocenters. The Labute approximate surface area is 114 Å². The first-order chi connectivity index (χ1) is 9.15. The third-order valence-corrected chi connectivity index (χ3v) is 3.51. The second-order valence-electron chi connectivity index (χ2n) is 3.92. The molecular formula is C13H13N3O2S. The van der Waals surface area contributed by atoms with E-state index < -0.39 is 5.97 Å². The number of anilines is 1. The van der Waals surface area contributed by atoms with Crippen molar-refractivity contribution in [3.05, 3.63) is 47.8 Å². The fraction of sp³-hybridized carbons (Fsp3) is 0.154. The van der Waals surface area contributed by atoms with E-state index in [-0.39, 0.29) is 6.42 Å². The number of hydrogen-bond donors (Lipinski definition) is 2. The number of aliphatic carboxylic acids is 1. The quantitative estimate of drug-likeness (QED) is 0.811. The van der Waals surface area contributed by atoms with Crippen LogP contribution in [0.2, 0.25) is 0 Å². The van der Waals surface area contributed by atoms with Gasteiger partial charge in [0.05, 0.1) is 6.42 Å². The van der Waals surface area contributed by atoms with Gasteiger partial charge in [0.25, 0.3) is 0 Å². The van der Waals surface area contributed by atoms with Crippen LogP contribution in [0.3, 0.4) is 0 Å². The molecule has 6 heteroatoms. The van der Waals surface area contributed by atoms with Crippen LogP contribution < -0.4 is 5.73 Å². The molecule has 98 valence electrons. The van der Waals surface area contributed by atoms with Gasteiger partial charge in [0, 0.05) is 18.1 Å². The minimum atomic E-state index is -0.825. The monoisotopic (exact) mass is 275 g/mol. The molecule has 0 amide bonds. The Morgan fingerprint density at radius 1 is 1.16 bits per heavy atom. The van der Waals surface area contributed by atoms with Gasteiger partial charge in [0.1, 0.15) is 5.03 Å². The molecule has 0 aliphatic rings. The Kier molecular flexibility index (Phi) is 4.35. The molecule has 2 rings (SSSR count). The van der Waals surface area contributed by atoms with Crippen molar-refractivity contribution in [3.8, 4) is 0 Å². The molecule has 1 aromatic heterocycles. The van der Waals surface area contributed by atoms with Crippen LogP contribution >= 0.6 is 11.8 Å². The first-order valence-corrected chi connectivity index (χ1v) is 6.62. The Hall–Kier alpha value is -2.08. The number of carboxylic acid groups (broad SMARTS) is 1. The first-order valence-electron chi connectivity index (χ1n) is 5.64. The van der Waals surface area contributed by atoms with Crippen molar-refractivity contribution in [2.24, 2.45) is 0 Å². The topological polar surface area (TPSA) is 89.1 Å². The lowest BCUT2D eigenvalue weighted by Gasteiger charge is -2.04. The van der Waals surface area contributed by atoms with Crippen LogP contribution in [0.4, 0.5) is 5.82 Å². The summed E-state index contributed by atoms with van der Waals surface area (Å²) < 4.78 is 0. The lowest BCUT2D eigenvalue weighted by Crippen LogP contribution is -1.99. The Balaban J connectivity index is 1.97. The van der Waals surface area contributed by atoms with Crippen LogP contribution in [0.15, 0.2) is 41.7 Å². The second kappa shape index (κ2) is 6.19. The number of carbonyl (C=O) groups is 1. The van der Waals surface area contributed by atoms with Crippen molar-refractivity contribution >= 4 is 23.5 Å². The van der Waals surface area contributed by atoms with Crippen molar-refractivity contribution in [1.29, 1.82) is 0 Å². The highest BCUT2D eigenvalue weighted by atomic mass is 32.2. The van der Waals surface area contributed by atoms with Crippen molar-refractivity contribution < 1.29 is 9.90 Å². The zero-order chi connectivity index (χ0) is 13.7. The van der Waals surface area contributed by atoms with Crippen LogP contribution in [-0.4, -0.2) is 21.0 Å². The molecule has 0 atom stereocenters. The zero-order valence-electron chi connectivity index (χ0n) is 10.1. The highest BCUT2D eigenvalue weighted by Gasteiger charge is 2.04. The van der Waals surface area contributed by atoms with Gasteiger partial charge in [-0.15, -0.1) is 0 Å². The van der Waals surface area contributed by atoms with Gasteiger partial charge in [-0.2, -0.15) is 0 Å². The molecule has 0 aliphatic heterocycles. The van der Waals surface area contributed by atoms with E-state index in [0.29, 0.717) is 10.8 Å². The fourth-order valence-electron chi connectivity index (χ4n) is 1.53. The van der Waals surface area contributed by atoms with E-state index in [1.165, 1.54) is 11.8 Å². The van der Waals surface area contributed by atoms with E-state index in [2.05, 4.69) is 9.97 Å². The third kappa shape index (κ3) is 3.96. The van der Waals surface area contributed by atoms with Crippen LogP contribution in [0, 0.1) is 0 Å². The summed E-state index contributed by atoms with van der Waals surface area (Å²) in [7, 11) is 0. The van der Waals surface area contributed by atoms with Crippen molar-refractivity contribution in [2.45, 2.75) is 17.2 Å². The molecule has 0 fully saturated rings. The molecule has 0 saturated carbocycles. The first kappa shape index (κ1) is 13.4. The predicted octanol–water partition coefficient (Wildman–Crippen LogP) is 1.98. The minimum absolute atomic E-state index is 0.0462. The molecule has 5 nitrogen and oxygen atoms in total. The summed E-state index contributed by atoms with van der Waals surface area (Å²) in [5.74, 6) is 0.320. The van der Waals surface area contributed by atoms with Gasteiger partial charge in [-0.1, -0.05) is 36.0 Å². The summed E-state index contributed by atoms with van der Waals surface area (Å²) in [6.07, 6.45) is 3.21. The van der Waals surface area contributed by atoms with E-state index in [4.69, 9.17) is 10.8 Å². The number of carboxylic acids is 1. The van der Waals surface area contributed by atoms with Crippen LogP contribution in [0.25, 0.3) is 0 Å². The predicted molar refractivity (Wildman–Crippen MR) is 73.8 cm³/mol. The molecule has 0 aliphatic carbocycles. The number of nitrogens with zero attached hydrogens (tertiary/aromatic N) is 2. The van der Waals surface area contributed by atoms with Gasteiger partial charge < -0.3 is 10.8 Å². The maximum absolute atomic E-state index is 10.6. The SMILES string of the molecule is Nc1nccnc1SCc1ccc(CC(=O)O)cc1. The van der Waals surface area contributed by atoms with Crippen molar-refractivity contribution in [3.63, 3.8) is 0 Å². The van der Waals surface area contributed by atoms with Crippen LogP contribution in [-0.2, 0) is 17.0 Å². The molecular weight excluding hydrogens is 262 g/mol. The van der Waals surface area contributed by atoms with Gasteiger partial charge >= 0.3 is 5.97 Å². The molecule has 19 heavy (non-hydrogen) atoms. The number of benzene rings is 1. The maximum atomic E-state index is 10.6. The van der Waals surface area contributed by atoms with E-state index in [1.54, 1.807) is 12.4 Å². The highest BCUT2D eigenvalue weighted by Crippen LogP contribution is 2.24. The van der Waals surface area contributed by atoms with E-state index in [0.717, 1.165) is 16.9 Å². The lowest BCUT2D eigenvalue weighted by molar-refractivity contribution is -0.136. The summed E-state index contributed by atoms with van der Waals surface area (Å²) in [5, 5.41) is 9.39. The van der Waals surface area contributed by atoms with E-state index in [1.807, 2.05) is 24.3 Å². The fourth-order valence-corrected chi connectivity index (χ4v) is 2.36. The van der Waals surface area contributed by atoms with Gasteiger partial charge in [-0.25, -0.2) is 9.97 Å². The summed E-state index contributed by atoms with van der Waals surface area (Å²) in [6, 6.07) is 7.48. The van der Waals surface area contributed by atoms with Gasteiger partial charge in [0.2, 0.25) is 0 Å².